The molecule has 0 aromatic heterocycles. The van der Waals surface area contributed by atoms with Crippen molar-refractivity contribution in [3.05, 3.63) is 120 Å². The zero-order valence-electron chi connectivity index (χ0n) is 21.0. The molecular formula is C31H24N2O6. The van der Waals surface area contributed by atoms with Crippen LogP contribution in [0.4, 0.5) is 11.4 Å². The number of benzene rings is 4. The average Bonchev–Trinajstić information content (AvgIpc) is 3.50. The molecule has 0 N–H and O–H groups in total. The van der Waals surface area contributed by atoms with Gasteiger partial charge in [0, 0.05) is 0 Å². The first kappa shape index (κ1) is 24.4. The number of carbonyl (C=O) groups excluding carboxylic acids is 3. The topological polar surface area (TPSA) is 85.4 Å². The summed E-state index contributed by atoms with van der Waals surface area (Å²) >= 11 is 0. The minimum atomic E-state index is -0.996. The standard InChI is InChI=1S/C31H24N2O6/c1-37-25-19-21(17-18-24(25)38-31(36)20-11-5-2-6-12-20)27-26-28(39-33(27)23-15-9-4-10-16-23)30(35)32(29(26)34)22-13-7-3-8-14-22/h2-19,26-28H,1H3/t26-,27+,28+/m1/s1. The predicted octanol–water partition coefficient (Wildman–Crippen LogP) is 4.97. The number of methoxy groups -OCH3 is 1. The summed E-state index contributed by atoms with van der Waals surface area (Å²) in [6.07, 6.45) is -0.996. The van der Waals surface area contributed by atoms with Crippen LogP contribution in [0.5, 0.6) is 11.5 Å². The lowest BCUT2D eigenvalue weighted by Crippen LogP contribution is -2.37. The van der Waals surface area contributed by atoms with E-state index in [0.717, 1.165) is 0 Å². The van der Waals surface area contributed by atoms with Gasteiger partial charge in [0.05, 0.1) is 30.1 Å². The molecule has 4 aromatic carbocycles. The molecule has 0 unspecified atom stereocenters. The second-order valence-corrected chi connectivity index (χ2v) is 9.17. The number of nitrogens with zero attached hydrogens (tertiary/aromatic N) is 2. The molecule has 39 heavy (non-hydrogen) atoms. The van der Waals surface area contributed by atoms with E-state index in [-0.39, 0.29) is 11.7 Å². The molecule has 2 saturated heterocycles. The van der Waals surface area contributed by atoms with E-state index < -0.39 is 29.9 Å². The van der Waals surface area contributed by atoms with Crippen molar-refractivity contribution in [1.29, 1.82) is 0 Å². The van der Waals surface area contributed by atoms with Gasteiger partial charge < -0.3 is 9.47 Å². The highest BCUT2D eigenvalue weighted by atomic mass is 16.7. The maximum atomic E-state index is 13.8. The number of imide groups is 1. The SMILES string of the molecule is COc1cc([C@H]2[C@H]3C(=O)N(c4ccccc4)C(=O)[C@H]3ON2c2ccccc2)ccc1OC(=O)c1ccccc1. The van der Waals surface area contributed by atoms with Crippen molar-refractivity contribution >= 4 is 29.2 Å². The monoisotopic (exact) mass is 520 g/mol. The van der Waals surface area contributed by atoms with E-state index in [9.17, 15) is 14.4 Å². The first-order valence-corrected chi connectivity index (χ1v) is 12.5. The lowest BCUT2D eigenvalue weighted by molar-refractivity contribution is -0.126. The Balaban J connectivity index is 1.38. The van der Waals surface area contributed by atoms with E-state index >= 15 is 0 Å². The van der Waals surface area contributed by atoms with Gasteiger partial charge in [0.15, 0.2) is 17.6 Å². The highest BCUT2D eigenvalue weighted by Gasteiger charge is 2.60. The number of para-hydroxylation sites is 2. The number of carbonyl (C=O) groups is 3. The fourth-order valence-electron chi connectivity index (χ4n) is 5.07. The summed E-state index contributed by atoms with van der Waals surface area (Å²) in [6.45, 7) is 0. The fourth-order valence-corrected chi connectivity index (χ4v) is 5.07. The summed E-state index contributed by atoms with van der Waals surface area (Å²) in [5.41, 5.74) is 2.26. The highest BCUT2D eigenvalue weighted by Crippen LogP contribution is 2.48. The number of anilines is 2. The number of amides is 2. The van der Waals surface area contributed by atoms with Crippen LogP contribution in [0.2, 0.25) is 0 Å². The van der Waals surface area contributed by atoms with Crippen LogP contribution in [-0.2, 0) is 14.4 Å². The van der Waals surface area contributed by atoms with E-state index in [0.29, 0.717) is 28.3 Å². The van der Waals surface area contributed by atoms with Crippen LogP contribution in [0.1, 0.15) is 22.0 Å². The number of hydrogen-bond acceptors (Lipinski definition) is 7. The maximum Gasteiger partial charge on any atom is 0.343 e. The third kappa shape index (κ3) is 4.30. The molecule has 2 fully saturated rings. The van der Waals surface area contributed by atoms with Crippen molar-refractivity contribution in [2.45, 2.75) is 12.1 Å². The zero-order chi connectivity index (χ0) is 26.9. The van der Waals surface area contributed by atoms with Crippen LogP contribution in [-0.4, -0.2) is 31.0 Å². The van der Waals surface area contributed by atoms with Gasteiger partial charge in [-0.05, 0) is 54.1 Å². The molecule has 0 aliphatic carbocycles. The van der Waals surface area contributed by atoms with Crippen LogP contribution < -0.4 is 19.4 Å². The molecular weight excluding hydrogens is 496 g/mol. The number of ether oxygens (including phenoxy) is 2. The van der Waals surface area contributed by atoms with E-state index in [1.807, 2.05) is 42.5 Å². The largest absolute Gasteiger partial charge is 0.493 e. The summed E-state index contributed by atoms with van der Waals surface area (Å²) in [6, 6.07) is 31.2. The van der Waals surface area contributed by atoms with Crippen molar-refractivity contribution in [2.75, 3.05) is 17.1 Å². The molecule has 3 atom stereocenters. The number of rotatable bonds is 6. The Bertz CT molecular complexity index is 1530. The van der Waals surface area contributed by atoms with Gasteiger partial charge in [-0.2, -0.15) is 0 Å². The predicted molar refractivity (Wildman–Crippen MR) is 143 cm³/mol. The summed E-state index contributed by atoms with van der Waals surface area (Å²) in [7, 11) is 1.48. The Morgan fingerprint density at radius 1 is 0.744 bits per heavy atom. The van der Waals surface area contributed by atoms with Gasteiger partial charge in [0.1, 0.15) is 5.92 Å². The molecule has 8 heteroatoms. The van der Waals surface area contributed by atoms with Gasteiger partial charge in [-0.1, -0.05) is 60.7 Å². The molecule has 0 spiro atoms. The Hall–Kier alpha value is -4.95. The molecule has 2 heterocycles. The molecule has 194 valence electrons. The molecule has 4 aromatic rings. The molecule has 2 amide bonds. The number of hydrogen-bond donors (Lipinski definition) is 0. The Kier molecular flexibility index (Phi) is 6.30. The van der Waals surface area contributed by atoms with Gasteiger partial charge >= 0.3 is 5.97 Å². The maximum absolute atomic E-state index is 13.8. The third-order valence-electron chi connectivity index (χ3n) is 6.88. The summed E-state index contributed by atoms with van der Waals surface area (Å²) in [4.78, 5) is 47.3. The van der Waals surface area contributed by atoms with E-state index in [1.165, 1.54) is 12.0 Å². The Morgan fingerprint density at radius 3 is 2.00 bits per heavy atom. The smallest absolute Gasteiger partial charge is 0.343 e. The second-order valence-electron chi connectivity index (χ2n) is 9.17. The van der Waals surface area contributed by atoms with Gasteiger partial charge in [0.25, 0.3) is 5.91 Å². The van der Waals surface area contributed by atoms with Crippen LogP contribution in [0.25, 0.3) is 0 Å². The molecule has 0 saturated carbocycles. The van der Waals surface area contributed by atoms with Crippen molar-refractivity contribution in [2.24, 2.45) is 5.92 Å². The molecule has 2 aliphatic rings. The minimum absolute atomic E-state index is 0.233. The van der Waals surface area contributed by atoms with E-state index in [1.54, 1.807) is 71.8 Å². The third-order valence-corrected chi connectivity index (χ3v) is 6.88. The Labute approximate surface area is 224 Å². The van der Waals surface area contributed by atoms with Gasteiger partial charge in [-0.3, -0.25) is 14.4 Å². The van der Waals surface area contributed by atoms with Gasteiger partial charge in [-0.25, -0.2) is 14.8 Å². The average molecular weight is 521 g/mol. The van der Waals surface area contributed by atoms with Gasteiger partial charge in [-0.15, -0.1) is 0 Å². The summed E-state index contributed by atoms with van der Waals surface area (Å²) < 4.78 is 11.2. The van der Waals surface area contributed by atoms with Crippen molar-refractivity contribution in [3.63, 3.8) is 0 Å². The normalized spacial score (nSPS) is 20.2. The molecule has 0 radical (unpaired) electrons. The first-order valence-electron chi connectivity index (χ1n) is 12.5. The van der Waals surface area contributed by atoms with E-state index in [4.69, 9.17) is 14.3 Å². The van der Waals surface area contributed by atoms with Crippen LogP contribution in [0.3, 0.4) is 0 Å². The van der Waals surface area contributed by atoms with Gasteiger partial charge in [0.2, 0.25) is 5.91 Å². The summed E-state index contributed by atoms with van der Waals surface area (Å²) in [5, 5.41) is 1.61. The summed E-state index contributed by atoms with van der Waals surface area (Å²) in [5.74, 6) is -1.55. The number of fused-ring (bicyclic) bond motifs is 1. The number of esters is 1. The lowest BCUT2D eigenvalue weighted by Gasteiger charge is -2.29. The van der Waals surface area contributed by atoms with Crippen LogP contribution >= 0.6 is 0 Å². The highest BCUT2D eigenvalue weighted by molar-refractivity contribution is 6.23. The van der Waals surface area contributed by atoms with Crippen molar-refractivity contribution in [3.8, 4) is 11.5 Å². The first-order chi connectivity index (χ1) is 19.1. The quantitative estimate of drug-likeness (QED) is 0.202. The second kappa shape index (κ2) is 10.1. The molecule has 2 aliphatic heterocycles. The molecule has 0 bridgehead atoms. The minimum Gasteiger partial charge on any atom is -0.493 e. The number of hydroxylamine groups is 1. The lowest BCUT2D eigenvalue weighted by atomic mass is 9.90. The van der Waals surface area contributed by atoms with Crippen LogP contribution in [0.15, 0.2) is 109 Å². The van der Waals surface area contributed by atoms with E-state index in [2.05, 4.69) is 0 Å². The fraction of sp³-hybridized carbons (Fsp3) is 0.129. The van der Waals surface area contributed by atoms with Crippen LogP contribution in [0, 0.1) is 5.92 Å². The zero-order valence-corrected chi connectivity index (χ0v) is 21.0. The van der Waals surface area contributed by atoms with Crippen molar-refractivity contribution < 1.29 is 28.7 Å². The van der Waals surface area contributed by atoms with Crippen molar-refractivity contribution in [1.82, 2.24) is 0 Å². The Morgan fingerprint density at radius 2 is 1.36 bits per heavy atom. The molecule has 8 nitrogen and oxygen atoms in total. The molecule has 6 rings (SSSR count).